The van der Waals surface area contributed by atoms with Gasteiger partial charge in [0.1, 0.15) is 11.7 Å². The summed E-state index contributed by atoms with van der Waals surface area (Å²) in [7, 11) is 0. The number of aromatic nitrogens is 5. The van der Waals surface area contributed by atoms with E-state index < -0.39 is 6.04 Å². The van der Waals surface area contributed by atoms with Gasteiger partial charge >= 0.3 is 0 Å². The van der Waals surface area contributed by atoms with Crippen molar-refractivity contribution in [2.24, 2.45) is 0 Å². The molecule has 2 amide bonds. The van der Waals surface area contributed by atoms with Crippen LogP contribution >= 0.6 is 0 Å². The maximum absolute atomic E-state index is 12.4. The minimum atomic E-state index is -0.402. The Bertz CT molecular complexity index is 942. The molecule has 1 unspecified atom stereocenters. The first-order chi connectivity index (χ1) is 11.6. The Morgan fingerprint density at radius 1 is 1.42 bits per heavy atom. The minimum Gasteiger partial charge on any atom is -0.349 e. The molecule has 122 valence electrons. The molecule has 9 nitrogen and oxygen atoms in total. The van der Waals surface area contributed by atoms with Crippen LogP contribution in [-0.2, 0) is 17.9 Å². The monoisotopic (exact) mass is 325 g/mol. The number of amides is 2. The van der Waals surface area contributed by atoms with Gasteiger partial charge in [-0.05, 0) is 13.0 Å². The highest BCUT2D eigenvalue weighted by molar-refractivity contribution is 6.04. The predicted octanol–water partition coefficient (Wildman–Crippen LogP) is 0.275. The minimum absolute atomic E-state index is 0.0917. The fourth-order valence-electron chi connectivity index (χ4n) is 2.79. The molecule has 1 aliphatic heterocycles. The largest absolute Gasteiger partial charge is 0.349 e. The second kappa shape index (κ2) is 5.44. The van der Waals surface area contributed by atoms with Gasteiger partial charge in [-0.1, -0.05) is 23.4 Å². The number of carbonyl (C=O) groups excluding carboxylic acids is 2. The molecule has 0 saturated heterocycles. The Labute approximate surface area is 136 Å². The first-order valence-electron chi connectivity index (χ1n) is 7.57. The zero-order valence-corrected chi connectivity index (χ0v) is 12.9. The van der Waals surface area contributed by atoms with Crippen molar-refractivity contribution in [2.75, 3.05) is 0 Å². The second-order valence-electron chi connectivity index (χ2n) is 5.62. The third-order valence-corrected chi connectivity index (χ3v) is 4.15. The van der Waals surface area contributed by atoms with Crippen LogP contribution in [0.25, 0.3) is 10.9 Å². The molecule has 1 aliphatic rings. The second-order valence-corrected chi connectivity index (χ2v) is 5.62. The molecule has 1 atom stereocenters. The lowest BCUT2D eigenvalue weighted by molar-refractivity contribution is -0.125. The average Bonchev–Trinajstić information content (AvgIpc) is 3.20. The van der Waals surface area contributed by atoms with Crippen molar-refractivity contribution in [1.82, 2.24) is 35.8 Å². The Morgan fingerprint density at radius 2 is 2.25 bits per heavy atom. The van der Waals surface area contributed by atoms with Crippen LogP contribution < -0.4 is 10.6 Å². The van der Waals surface area contributed by atoms with Crippen LogP contribution in [0, 0.1) is 0 Å². The molecule has 0 fully saturated rings. The van der Waals surface area contributed by atoms with Gasteiger partial charge in [-0.25, -0.2) is 4.68 Å². The first-order valence-corrected chi connectivity index (χ1v) is 7.57. The van der Waals surface area contributed by atoms with E-state index in [0.717, 1.165) is 16.6 Å². The summed E-state index contributed by atoms with van der Waals surface area (Å²) < 4.78 is 1.59. The number of hydrogen-bond acceptors (Lipinski definition) is 5. The van der Waals surface area contributed by atoms with E-state index in [1.165, 1.54) is 0 Å². The Morgan fingerprint density at radius 3 is 3.12 bits per heavy atom. The fraction of sp³-hybridized carbons (Fsp3) is 0.267. The number of benzene rings is 1. The van der Waals surface area contributed by atoms with Crippen molar-refractivity contribution in [3.05, 3.63) is 41.3 Å². The quantitative estimate of drug-likeness (QED) is 0.639. The van der Waals surface area contributed by atoms with Crippen molar-refractivity contribution >= 4 is 22.7 Å². The van der Waals surface area contributed by atoms with Gasteiger partial charge in [-0.3, -0.25) is 14.7 Å². The molecule has 2 aromatic heterocycles. The van der Waals surface area contributed by atoms with Crippen LogP contribution in [0.3, 0.4) is 0 Å². The number of H-pyrrole nitrogens is 1. The number of rotatable bonds is 3. The first kappa shape index (κ1) is 14.4. The summed E-state index contributed by atoms with van der Waals surface area (Å²) in [5.41, 5.74) is 2.58. The smallest absolute Gasteiger partial charge is 0.272 e. The van der Waals surface area contributed by atoms with Crippen LogP contribution in [0.15, 0.2) is 24.3 Å². The number of nitrogens with zero attached hydrogens (tertiary/aromatic N) is 4. The highest BCUT2D eigenvalue weighted by Crippen LogP contribution is 2.18. The standard InChI is InChI=1S/C15H15N7O2/c1-8-14(23)17-7-12-11(19-21-22(8)12)6-16-15(24)13-9-4-2-3-5-10(9)18-20-13/h2-5,8H,6-7H2,1H3,(H,16,24)(H,17,23)(H,18,20). The topological polar surface area (TPSA) is 118 Å². The van der Waals surface area contributed by atoms with E-state index >= 15 is 0 Å². The van der Waals surface area contributed by atoms with Gasteiger partial charge in [0.05, 0.1) is 24.3 Å². The molecule has 0 aliphatic carbocycles. The van der Waals surface area contributed by atoms with E-state index in [1.807, 2.05) is 24.3 Å². The van der Waals surface area contributed by atoms with Crippen molar-refractivity contribution in [1.29, 1.82) is 0 Å². The Kier molecular flexibility index (Phi) is 3.26. The van der Waals surface area contributed by atoms with Crippen LogP contribution in [-0.4, -0.2) is 37.0 Å². The molecular weight excluding hydrogens is 310 g/mol. The van der Waals surface area contributed by atoms with E-state index in [-0.39, 0.29) is 18.4 Å². The molecule has 3 aromatic rings. The normalized spacial score (nSPS) is 16.7. The molecule has 3 heterocycles. The lowest BCUT2D eigenvalue weighted by Crippen LogP contribution is -2.38. The molecule has 0 radical (unpaired) electrons. The zero-order valence-electron chi connectivity index (χ0n) is 12.9. The predicted molar refractivity (Wildman–Crippen MR) is 83.8 cm³/mol. The molecule has 0 saturated carbocycles. The lowest BCUT2D eigenvalue weighted by Gasteiger charge is -2.20. The molecule has 0 bridgehead atoms. The number of fused-ring (bicyclic) bond motifs is 2. The molecule has 3 N–H and O–H groups in total. The molecule has 0 spiro atoms. The number of hydrogen-bond donors (Lipinski definition) is 3. The molecular formula is C15H15N7O2. The maximum Gasteiger partial charge on any atom is 0.272 e. The highest BCUT2D eigenvalue weighted by atomic mass is 16.2. The van der Waals surface area contributed by atoms with E-state index in [2.05, 4.69) is 31.1 Å². The molecule has 1 aromatic carbocycles. The van der Waals surface area contributed by atoms with Gasteiger partial charge in [0.25, 0.3) is 5.91 Å². The molecule has 4 rings (SSSR count). The fourth-order valence-corrected chi connectivity index (χ4v) is 2.79. The van der Waals surface area contributed by atoms with Crippen molar-refractivity contribution < 1.29 is 9.59 Å². The van der Waals surface area contributed by atoms with E-state index in [4.69, 9.17) is 0 Å². The third kappa shape index (κ3) is 2.21. The van der Waals surface area contributed by atoms with E-state index in [0.29, 0.717) is 17.9 Å². The summed E-state index contributed by atoms with van der Waals surface area (Å²) in [4.78, 5) is 24.0. The summed E-state index contributed by atoms with van der Waals surface area (Å²) in [5, 5.41) is 21.3. The van der Waals surface area contributed by atoms with E-state index in [9.17, 15) is 9.59 Å². The summed E-state index contributed by atoms with van der Waals surface area (Å²) in [6.07, 6.45) is 0. The van der Waals surface area contributed by atoms with Gasteiger partial charge in [0, 0.05) is 5.39 Å². The van der Waals surface area contributed by atoms with E-state index in [1.54, 1.807) is 11.6 Å². The lowest BCUT2D eigenvalue weighted by atomic mass is 10.2. The van der Waals surface area contributed by atoms with Crippen molar-refractivity contribution in [2.45, 2.75) is 26.1 Å². The average molecular weight is 325 g/mol. The Hall–Kier alpha value is -3.23. The van der Waals surface area contributed by atoms with Crippen molar-refractivity contribution in [3.63, 3.8) is 0 Å². The van der Waals surface area contributed by atoms with Gasteiger partial charge < -0.3 is 10.6 Å². The number of carbonyl (C=O) groups is 2. The SMILES string of the molecule is CC1C(=O)NCc2c(CNC(=O)c3n[nH]c4ccccc34)nnn21. The number of nitrogens with one attached hydrogen (secondary N) is 3. The van der Waals surface area contributed by atoms with Crippen LogP contribution in [0.4, 0.5) is 0 Å². The molecule has 24 heavy (non-hydrogen) atoms. The number of aromatic amines is 1. The summed E-state index contributed by atoms with van der Waals surface area (Å²) >= 11 is 0. The van der Waals surface area contributed by atoms with Crippen LogP contribution in [0.2, 0.25) is 0 Å². The van der Waals surface area contributed by atoms with Crippen LogP contribution in [0.1, 0.15) is 34.8 Å². The zero-order chi connectivity index (χ0) is 16.7. The van der Waals surface area contributed by atoms with Gasteiger partial charge in [0.15, 0.2) is 5.69 Å². The summed E-state index contributed by atoms with van der Waals surface area (Å²) in [5.74, 6) is -0.381. The molecule has 9 heteroatoms. The number of para-hydroxylation sites is 1. The van der Waals surface area contributed by atoms with Gasteiger partial charge in [0.2, 0.25) is 5.91 Å². The highest BCUT2D eigenvalue weighted by Gasteiger charge is 2.27. The maximum atomic E-state index is 12.4. The summed E-state index contributed by atoms with van der Waals surface area (Å²) in [6.45, 7) is 2.33. The Balaban J connectivity index is 1.53. The van der Waals surface area contributed by atoms with Crippen molar-refractivity contribution in [3.8, 4) is 0 Å². The van der Waals surface area contributed by atoms with Gasteiger partial charge in [-0.2, -0.15) is 5.10 Å². The van der Waals surface area contributed by atoms with Crippen LogP contribution in [0.5, 0.6) is 0 Å². The van der Waals surface area contributed by atoms with Gasteiger partial charge in [-0.15, -0.1) is 5.10 Å². The third-order valence-electron chi connectivity index (χ3n) is 4.15. The summed E-state index contributed by atoms with van der Waals surface area (Å²) in [6, 6.07) is 7.03.